The highest BCUT2D eigenvalue weighted by molar-refractivity contribution is 7.99. The lowest BCUT2D eigenvalue weighted by molar-refractivity contribution is 0.0819. The zero-order valence-corrected chi connectivity index (χ0v) is 17.0. The zero-order valence-electron chi connectivity index (χ0n) is 16.2. The molecule has 1 aromatic heterocycles. The van der Waals surface area contributed by atoms with E-state index < -0.39 is 0 Å². The molecule has 27 heavy (non-hydrogen) atoms. The lowest BCUT2D eigenvalue weighted by Crippen LogP contribution is -2.44. The summed E-state index contributed by atoms with van der Waals surface area (Å²) in [4.78, 5) is 17.1. The number of benzene rings is 1. The van der Waals surface area contributed by atoms with Gasteiger partial charge in [-0.15, -0.1) is 0 Å². The van der Waals surface area contributed by atoms with Crippen molar-refractivity contribution in [1.82, 2.24) is 19.6 Å². The van der Waals surface area contributed by atoms with Crippen LogP contribution in [0.5, 0.6) is 0 Å². The number of hydrogen-bond acceptors (Lipinski definition) is 4. The molecule has 2 aromatic rings. The highest BCUT2D eigenvalue weighted by atomic mass is 32.2. The molecule has 1 aromatic carbocycles. The van der Waals surface area contributed by atoms with Gasteiger partial charge in [0.25, 0.3) is 5.91 Å². The standard InChI is InChI=1S/C21H28N4OS/c1-23(2)21(26)20-18-14-17(24-10-12-27-13-11-24)8-9-19(18)25(22-20)15-16-6-4-3-5-7-16/h3-7,17H,8-15H2,1-2H3/t17-/m1/s1. The maximum atomic E-state index is 12.8. The second kappa shape index (κ2) is 8.07. The van der Waals surface area contributed by atoms with Crippen molar-refractivity contribution >= 4 is 17.7 Å². The van der Waals surface area contributed by atoms with E-state index in [-0.39, 0.29) is 5.91 Å². The van der Waals surface area contributed by atoms with Gasteiger partial charge < -0.3 is 4.90 Å². The Balaban J connectivity index is 1.64. The molecule has 1 aliphatic heterocycles. The van der Waals surface area contributed by atoms with Crippen molar-refractivity contribution in [2.24, 2.45) is 0 Å². The second-order valence-electron chi connectivity index (χ2n) is 7.66. The molecule has 1 aliphatic carbocycles. The SMILES string of the molecule is CN(C)C(=O)c1nn(Cc2ccccc2)c2c1C[C@H](N1CCSCC1)CC2. The van der Waals surface area contributed by atoms with E-state index in [2.05, 4.69) is 33.8 Å². The van der Waals surface area contributed by atoms with E-state index >= 15 is 0 Å². The van der Waals surface area contributed by atoms with Crippen molar-refractivity contribution in [2.75, 3.05) is 38.7 Å². The van der Waals surface area contributed by atoms with Crippen molar-refractivity contribution in [3.05, 3.63) is 52.8 Å². The summed E-state index contributed by atoms with van der Waals surface area (Å²) in [5, 5.41) is 4.79. The highest BCUT2D eigenvalue weighted by Gasteiger charge is 2.32. The van der Waals surface area contributed by atoms with Crippen LogP contribution in [0.2, 0.25) is 0 Å². The van der Waals surface area contributed by atoms with Crippen molar-refractivity contribution in [1.29, 1.82) is 0 Å². The van der Waals surface area contributed by atoms with E-state index in [4.69, 9.17) is 5.10 Å². The summed E-state index contributed by atoms with van der Waals surface area (Å²) in [5.74, 6) is 2.47. The number of nitrogens with zero attached hydrogens (tertiary/aromatic N) is 4. The number of fused-ring (bicyclic) bond motifs is 1. The lowest BCUT2D eigenvalue weighted by Gasteiger charge is -2.36. The second-order valence-corrected chi connectivity index (χ2v) is 8.89. The summed E-state index contributed by atoms with van der Waals surface area (Å²) in [5.41, 5.74) is 4.31. The van der Waals surface area contributed by atoms with Gasteiger partial charge in [0.15, 0.2) is 5.69 Å². The normalized spacial score (nSPS) is 20.3. The Morgan fingerprint density at radius 1 is 1.22 bits per heavy atom. The molecule has 0 bridgehead atoms. The molecule has 1 fully saturated rings. The highest BCUT2D eigenvalue weighted by Crippen LogP contribution is 2.29. The Kier molecular flexibility index (Phi) is 5.55. The fraction of sp³-hybridized carbons (Fsp3) is 0.524. The number of aromatic nitrogens is 2. The third kappa shape index (κ3) is 3.92. The van der Waals surface area contributed by atoms with Gasteiger partial charge in [0.05, 0.1) is 6.54 Å². The first-order valence-electron chi connectivity index (χ1n) is 9.79. The first kappa shape index (κ1) is 18.6. The summed E-state index contributed by atoms with van der Waals surface area (Å²) in [6.45, 7) is 3.06. The molecular formula is C21H28N4OS. The molecule has 0 unspecified atom stereocenters. The lowest BCUT2D eigenvalue weighted by atomic mass is 9.90. The topological polar surface area (TPSA) is 41.4 Å². The molecule has 4 rings (SSSR count). The van der Waals surface area contributed by atoms with Crippen LogP contribution in [0.1, 0.15) is 33.7 Å². The van der Waals surface area contributed by atoms with Crippen LogP contribution in [-0.4, -0.2) is 70.2 Å². The molecule has 2 aliphatic rings. The van der Waals surface area contributed by atoms with E-state index in [0.29, 0.717) is 11.7 Å². The summed E-state index contributed by atoms with van der Waals surface area (Å²) in [7, 11) is 3.63. The quantitative estimate of drug-likeness (QED) is 0.812. The third-order valence-corrected chi connectivity index (χ3v) is 6.61. The molecule has 0 radical (unpaired) electrons. The minimum atomic E-state index is 0.0212. The first-order valence-corrected chi connectivity index (χ1v) is 10.9. The fourth-order valence-electron chi connectivity index (χ4n) is 4.19. The molecule has 0 spiro atoms. The largest absolute Gasteiger partial charge is 0.343 e. The summed E-state index contributed by atoms with van der Waals surface area (Å²) >= 11 is 2.05. The first-order chi connectivity index (χ1) is 13.1. The van der Waals surface area contributed by atoms with Gasteiger partial charge in [-0.25, -0.2) is 0 Å². The molecule has 1 amide bonds. The van der Waals surface area contributed by atoms with Gasteiger partial charge in [0, 0.05) is 56.0 Å². The molecule has 144 valence electrons. The van der Waals surface area contributed by atoms with Crippen LogP contribution < -0.4 is 0 Å². The molecule has 2 heterocycles. The van der Waals surface area contributed by atoms with Crippen LogP contribution in [0.25, 0.3) is 0 Å². The average molecular weight is 385 g/mol. The average Bonchev–Trinajstić information content (AvgIpc) is 3.06. The van der Waals surface area contributed by atoms with Crippen molar-refractivity contribution in [3.63, 3.8) is 0 Å². The maximum Gasteiger partial charge on any atom is 0.274 e. The predicted molar refractivity (Wildman–Crippen MR) is 110 cm³/mol. The van der Waals surface area contributed by atoms with E-state index in [1.165, 1.54) is 41.4 Å². The number of carbonyl (C=O) groups excluding carboxylic acids is 1. The maximum absolute atomic E-state index is 12.8. The Hall–Kier alpha value is -1.79. The summed E-state index contributed by atoms with van der Waals surface area (Å²) < 4.78 is 2.07. The van der Waals surface area contributed by atoms with Gasteiger partial charge in [-0.1, -0.05) is 30.3 Å². The number of rotatable bonds is 4. The van der Waals surface area contributed by atoms with Gasteiger partial charge in [-0.2, -0.15) is 16.9 Å². The molecule has 0 N–H and O–H groups in total. The van der Waals surface area contributed by atoms with Crippen LogP contribution in [-0.2, 0) is 19.4 Å². The smallest absolute Gasteiger partial charge is 0.274 e. The fourth-order valence-corrected chi connectivity index (χ4v) is 5.13. The number of thioether (sulfide) groups is 1. The molecule has 1 atom stereocenters. The minimum absolute atomic E-state index is 0.0212. The van der Waals surface area contributed by atoms with Crippen molar-refractivity contribution in [2.45, 2.75) is 31.8 Å². The summed E-state index contributed by atoms with van der Waals surface area (Å²) in [6.07, 6.45) is 3.11. The van der Waals surface area contributed by atoms with Gasteiger partial charge in [-0.05, 0) is 24.8 Å². The van der Waals surface area contributed by atoms with Gasteiger partial charge >= 0.3 is 0 Å². The van der Waals surface area contributed by atoms with E-state index in [1.807, 2.05) is 31.9 Å². The molecule has 6 heteroatoms. The Morgan fingerprint density at radius 3 is 2.67 bits per heavy atom. The summed E-state index contributed by atoms with van der Waals surface area (Å²) in [6, 6.07) is 10.9. The van der Waals surface area contributed by atoms with Gasteiger partial charge in [0.2, 0.25) is 0 Å². The molecule has 1 saturated heterocycles. The van der Waals surface area contributed by atoms with Gasteiger partial charge in [-0.3, -0.25) is 14.4 Å². The predicted octanol–water partition coefficient (Wildman–Crippen LogP) is 2.54. The van der Waals surface area contributed by atoms with Crippen LogP contribution in [0.15, 0.2) is 30.3 Å². The van der Waals surface area contributed by atoms with Crippen LogP contribution >= 0.6 is 11.8 Å². The number of carbonyl (C=O) groups is 1. The van der Waals surface area contributed by atoms with E-state index in [1.54, 1.807) is 4.90 Å². The van der Waals surface area contributed by atoms with Crippen LogP contribution in [0.3, 0.4) is 0 Å². The Morgan fingerprint density at radius 2 is 1.96 bits per heavy atom. The number of amides is 1. The zero-order chi connectivity index (χ0) is 18.8. The molecule has 0 saturated carbocycles. The van der Waals surface area contributed by atoms with E-state index in [9.17, 15) is 4.79 Å². The van der Waals surface area contributed by atoms with E-state index in [0.717, 1.165) is 25.8 Å². The Bertz CT molecular complexity index is 796. The van der Waals surface area contributed by atoms with Crippen LogP contribution in [0.4, 0.5) is 0 Å². The Labute approximate surface area is 165 Å². The van der Waals surface area contributed by atoms with Crippen molar-refractivity contribution < 1.29 is 4.79 Å². The van der Waals surface area contributed by atoms with Gasteiger partial charge in [0.1, 0.15) is 0 Å². The molecule has 5 nitrogen and oxygen atoms in total. The third-order valence-electron chi connectivity index (χ3n) is 5.67. The monoisotopic (exact) mass is 384 g/mol. The number of hydrogen-bond donors (Lipinski definition) is 0. The van der Waals surface area contributed by atoms with Crippen molar-refractivity contribution in [3.8, 4) is 0 Å². The minimum Gasteiger partial charge on any atom is -0.343 e. The van der Waals surface area contributed by atoms with Crippen LogP contribution in [0, 0.1) is 0 Å². The molecular weight excluding hydrogens is 356 g/mol.